The average Bonchev–Trinajstić information content (AvgIpc) is 2.76. The van der Waals surface area contributed by atoms with Crippen LogP contribution < -0.4 is 10.1 Å². The van der Waals surface area contributed by atoms with Crippen molar-refractivity contribution in [2.24, 2.45) is 7.05 Å². The van der Waals surface area contributed by atoms with Crippen LogP contribution in [0.3, 0.4) is 0 Å². The lowest BCUT2D eigenvalue weighted by atomic mass is 10.3. The largest absolute Gasteiger partial charge is 0.494 e. The first-order valence-electron chi connectivity index (χ1n) is 5.36. The minimum Gasteiger partial charge on any atom is -0.494 e. The van der Waals surface area contributed by atoms with Crippen LogP contribution in [0.2, 0.25) is 0 Å². The third kappa shape index (κ3) is 2.93. The van der Waals surface area contributed by atoms with Crippen molar-refractivity contribution in [1.82, 2.24) is 19.7 Å². The summed E-state index contributed by atoms with van der Waals surface area (Å²) in [6.07, 6.45) is 5.95. The first-order chi connectivity index (χ1) is 8.29. The number of hydrogen-bond donors (Lipinski definition) is 1. The maximum atomic E-state index is 4.98. The van der Waals surface area contributed by atoms with E-state index >= 15 is 0 Å². The van der Waals surface area contributed by atoms with Gasteiger partial charge in [-0.2, -0.15) is 5.10 Å². The standard InChI is InChI=1S/C11H15N5O/c1-16-9(4-6-15-16)3-5-12-11-13-7-10(17-2)8-14-11/h4,6-8H,3,5H2,1-2H3,(H,12,13,14). The highest BCUT2D eigenvalue weighted by Crippen LogP contribution is 2.07. The molecular weight excluding hydrogens is 218 g/mol. The average molecular weight is 233 g/mol. The summed E-state index contributed by atoms with van der Waals surface area (Å²) in [5, 5.41) is 7.25. The van der Waals surface area contributed by atoms with E-state index in [0.29, 0.717) is 11.7 Å². The second kappa shape index (κ2) is 5.29. The molecule has 0 spiro atoms. The molecule has 2 rings (SSSR count). The highest BCUT2D eigenvalue weighted by molar-refractivity contribution is 5.27. The highest BCUT2D eigenvalue weighted by atomic mass is 16.5. The second-order valence-corrected chi connectivity index (χ2v) is 3.57. The van der Waals surface area contributed by atoms with E-state index in [-0.39, 0.29) is 0 Å². The van der Waals surface area contributed by atoms with Gasteiger partial charge in [0.1, 0.15) is 0 Å². The molecule has 0 saturated heterocycles. The first-order valence-corrected chi connectivity index (χ1v) is 5.36. The Morgan fingerprint density at radius 1 is 1.35 bits per heavy atom. The van der Waals surface area contributed by atoms with Crippen LogP contribution in [-0.4, -0.2) is 33.4 Å². The molecule has 0 aromatic carbocycles. The topological polar surface area (TPSA) is 64.9 Å². The van der Waals surface area contributed by atoms with Gasteiger partial charge in [0.05, 0.1) is 19.5 Å². The molecule has 17 heavy (non-hydrogen) atoms. The van der Waals surface area contributed by atoms with E-state index in [1.165, 1.54) is 5.69 Å². The van der Waals surface area contributed by atoms with E-state index in [1.54, 1.807) is 25.7 Å². The Bertz CT molecular complexity index is 465. The van der Waals surface area contributed by atoms with Gasteiger partial charge in [0.15, 0.2) is 5.75 Å². The predicted molar refractivity (Wildman–Crippen MR) is 64.0 cm³/mol. The van der Waals surface area contributed by atoms with Crippen molar-refractivity contribution >= 4 is 5.95 Å². The van der Waals surface area contributed by atoms with Crippen LogP contribution in [0.1, 0.15) is 5.69 Å². The third-order valence-electron chi connectivity index (χ3n) is 2.45. The fourth-order valence-electron chi connectivity index (χ4n) is 1.46. The van der Waals surface area contributed by atoms with Crippen LogP contribution in [0.4, 0.5) is 5.95 Å². The summed E-state index contributed by atoms with van der Waals surface area (Å²) in [5.41, 5.74) is 1.17. The van der Waals surface area contributed by atoms with Crippen LogP contribution in [0.5, 0.6) is 5.75 Å². The number of aryl methyl sites for hydroxylation is 1. The molecule has 0 unspecified atom stereocenters. The zero-order valence-corrected chi connectivity index (χ0v) is 9.92. The van der Waals surface area contributed by atoms with E-state index < -0.39 is 0 Å². The molecule has 0 radical (unpaired) electrons. The summed E-state index contributed by atoms with van der Waals surface area (Å²) in [6.45, 7) is 0.770. The number of ether oxygens (including phenoxy) is 1. The number of nitrogens with zero attached hydrogens (tertiary/aromatic N) is 4. The van der Waals surface area contributed by atoms with Gasteiger partial charge in [0, 0.05) is 31.9 Å². The van der Waals surface area contributed by atoms with Gasteiger partial charge in [-0.15, -0.1) is 0 Å². The van der Waals surface area contributed by atoms with Crippen molar-refractivity contribution in [3.05, 3.63) is 30.4 Å². The molecule has 0 aliphatic heterocycles. The number of methoxy groups -OCH3 is 1. The fourth-order valence-corrected chi connectivity index (χ4v) is 1.46. The molecule has 0 saturated carbocycles. The monoisotopic (exact) mass is 233 g/mol. The number of nitrogens with one attached hydrogen (secondary N) is 1. The van der Waals surface area contributed by atoms with E-state index in [0.717, 1.165) is 13.0 Å². The van der Waals surface area contributed by atoms with Crippen LogP contribution in [-0.2, 0) is 13.5 Å². The van der Waals surface area contributed by atoms with Crippen molar-refractivity contribution in [2.75, 3.05) is 19.0 Å². The van der Waals surface area contributed by atoms with Gasteiger partial charge in [-0.1, -0.05) is 0 Å². The third-order valence-corrected chi connectivity index (χ3v) is 2.45. The van der Waals surface area contributed by atoms with Gasteiger partial charge in [0.2, 0.25) is 5.95 Å². The van der Waals surface area contributed by atoms with E-state index in [9.17, 15) is 0 Å². The summed E-state index contributed by atoms with van der Waals surface area (Å²) >= 11 is 0. The molecule has 0 fully saturated rings. The minimum atomic E-state index is 0.605. The van der Waals surface area contributed by atoms with Gasteiger partial charge in [-0.25, -0.2) is 9.97 Å². The maximum absolute atomic E-state index is 4.98. The van der Waals surface area contributed by atoms with E-state index in [1.807, 2.05) is 17.8 Å². The normalized spacial score (nSPS) is 10.2. The first kappa shape index (κ1) is 11.4. The molecule has 0 aliphatic rings. The molecule has 6 nitrogen and oxygen atoms in total. The molecule has 0 bridgehead atoms. The lowest BCUT2D eigenvalue weighted by molar-refractivity contribution is 0.411. The van der Waals surface area contributed by atoms with Crippen molar-refractivity contribution < 1.29 is 4.74 Å². The number of aromatic nitrogens is 4. The zero-order valence-electron chi connectivity index (χ0n) is 9.92. The lowest BCUT2D eigenvalue weighted by Crippen LogP contribution is -2.10. The molecule has 0 atom stereocenters. The Morgan fingerprint density at radius 2 is 2.12 bits per heavy atom. The smallest absolute Gasteiger partial charge is 0.222 e. The van der Waals surface area contributed by atoms with Gasteiger partial charge in [-0.05, 0) is 6.07 Å². The van der Waals surface area contributed by atoms with Gasteiger partial charge < -0.3 is 10.1 Å². The second-order valence-electron chi connectivity index (χ2n) is 3.57. The molecule has 1 N–H and O–H groups in total. The number of rotatable bonds is 5. The Balaban J connectivity index is 1.83. The van der Waals surface area contributed by atoms with Crippen LogP contribution in [0.15, 0.2) is 24.7 Å². The predicted octanol–water partition coefficient (Wildman–Crippen LogP) is 0.873. The van der Waals surface area contributed by atoms with Crippen LogP contribution >= 0.6 is 0 Å². The summed E-state index contributed by atoms with van der Waals surface area (Å²) in [4.78, 5) is 8.24. The number of anilines is 1. The van der Waals surface area contributed by atoms with E-state index in [4.69, 9.17) is 4.74 Å². The van der Waals surface area contributed by atoms with Crippen LogP contribution in [0.25, 0.3) is 0 Å². The summed E-state index contributed by atoms with van der Waals surface area (Å²) in [6, 6.07) is 2.00. The quantitative estimate of drug-likeness (QED) is 0.830. The maximum Gasteiger partial charge on any atom is 0.222 e. The highest BCUT2D eigenvalue weighted by Gasteiger charge is 2.00. The SMILES string of the molecule is COc1cnc(NCCc2ccnn2C)nc1. The van der Waals surface area contributed by atoms with Crippen molar-refractivity contribution in [3.8, 4) is 5.75 Å². The van der Waals surface area contributed by atoms with E-state index in [2.05, 4.69) is 20.4 Å². The molecule has 6 heteroatoms. The summed E-state index contributed by atoms with van der Waals surface area (Å²) in [5.74, 6) is 1.26. The molecular formula is C11H15N5O. The molecule has 2 heterocycles. The Morgan fingerprint density at radius 3 is 2.71 bits per heavy atom. The summed E-state index contributed by atoms with van der Waals surface area (Å²) < 4.78 is 6.84. The molecule has 0 amide bonds. The zero-order chi connectivity index (χ0) is 12.1. The Labute approximate surface area is 99.7 Å². The Hall–Kier alpha value is -2.11. The summed E-state index contributed by atoms with van der Waals surface area (Å²) in [7, 11) is 3.52. The minimum absolute atomic E-state index is 0.605. The van der Waals surface area contributed by atoms with Gasteiger partial charge in [0.25, 0.3) is 0 Å². The fraction of sp³-hybridized carbons (Fsp3) is 0.364. The Kier molecular flexibility index (Phi) is 3.54. The van der Waals surface area contributed by atoms with Gasteiger partial charge in [-0.3, -0.25) is 4.68 Å². The lowest BCUT2D eigenvalue weighted by Gasteiger charge is -2.05. The number of hydrogen-bond acceptors (Lipinski definition) is 5. The van der Waals surface area contributed by atoms with Crippen molar-refractivity contribution in [1.29, 1.82) is 0 Å². The molecule has 2 aromatic rings. The van der Waals surface area contributed by atoms with Crippen LogP contribution in [0, 0.1) is 0 Å². The van der Waals surface area contributed by atoms with Crippen molar-refractivity contribution in [2.45, 2.75) is 6.42 Å². The molecule has 2 aromatic heterocycles. The molecule has 90 valence electrons. The van der Waals surface area contributed by atoms with Crippen molar-refractivity contribution in [3.63, 3.8) is 0 Å². The molecule has 0 aliphatic carbocycles. The van der Waals surface area contributed by atoms with Gasteiger partial charge >= 0.3 is 0 Å².